The molecular weight excluding hydrogens is 154 g/mol. The summed E-state index contributed by atoms with van der Waals surface area (Å²) in [6.07, 6.45) is 6.59. The van der Waals surface area contributed by atoms with Crippen LogP contribution in [0.1, 0.15) is 46.0 Å². The van der Waals surface area contributed by atoms with Crippen LogP contribution >= 0.6 is 0 Å². The van der Waals surface area contributed by atoms with Crippen LogP contribution in [0.3, 0.4) is 0 Å². The molecule has 0 saturated carbocycles. The van der Waals surface area contributed by atoms with Crippen molar-refractivity contribution < 1.29 is 4.92 Å². The van der Waals surface area contributed by atoms with E-state index in [0.29, 0.717) is 12.1 Å². The van der Waals surface area contributed by atoms with Gasteiger partial charge in [-0.05, 0) is 19.4 Å². The van der Waals surface area contributed by atoms with E-state index in [1.54, 1.807) is 13.0 Å². The predicted molar refractivity (Wildman–Crippen MR) is 49.5 cm³/mol. The fourth-order valence-electron chi connectivity index (χ4n) is 1.07. The zero-order valence-corrected chi connectivity index (χ0v) is 7.88. The maximum absolute atomic E-state index is 10.3. The van der Waals surface area contributed by atoms with Crippen LogP contribution in [-0.2, 0) is 0 Å². The summed E-state index contributed by atoms with van der Waals surface area (Å²) in [4.78, 5) is 10.0. The van der Waals surface area contributed by atoms with Crippen molar-refractivity contribution in [1.29, 1.82) is 0 Å². The minimum atomic E-state index is -0.286. The number of hydrogen-bond donors (Lipinski definition) is 0. The van der Waals surface area contributed by atoms with Crippen LogP contribution in [0, 0.1) is 10.1 Å². The number of allylic oxidation sites excluding steroid dienone is 2. The normalized spacial score (nSPS) is 11.7. The molecule has 0 atom stereocenters. The summed E-state index contributed by atoms with van der Waals surface area (Å²) in [6, 6.07) is 0. The lowest BCUT2D eigenvalue weighted by Crippen LogP contribution is -1.97. The molecule has 0 N–H and O–H groups in total. The quantitative estimate of drug-likeness (QED) is 0.350. The number of hydrogen-bond acceptors (Lipinski definition) is 2. The Morgan fingerprint density at radius 1 is 1.42 bits per heavy atom. The van der Waals surface area contributed by atoms with E-state index in [1.165, 1.54) is 12.8 Å². The van der Waals surface area contributed by atoms with Gasteiger partial charge in [0.25, 0.3) is 0 Å². The molecule has 3 nitrogen and oxygen atoms in total. The molecule has 0 radical (unpaired) electrons. The standard InChI is InChI=1S/C9H17NO2/c1-3-5-6-7-8-9(4-2)10(11)12/h4H,3,5-8H2,1-2H3/b9-4+. The second kappa shape index (κ2) is 6.83. The van der Waals surface area contributed by atoms with Gasteiger partial charge in [0.05, 0.1) is 4.92 Å². The minimum Gasteiger partial charge on any atom is -0.259 e. The molecule has 0 heterocycles. The van der Waals surface area contributed by atoms with Gasteiger partial charge >= 0.3 is 0 Å². The van der Waals surface area contributed by atoms with Gasteiger partial charge in [-0.1, -0.05) is 26.2 Å². The third-order valence-electron chi connectivity index (χ3n) is 1.85. The van der Waals surface area contributed by atoms with Crippen molar-refractivity contribution in [3.63, 3.8) is 0 Å². The maximum Gasteiger partial charge on any atom is 0.242 e. The lowest BCUT2D eigenvalue weighted by Gasteiger charge is -1.97. The molecule has 0 bridgehead atoms. The third kappa shape index (κ3) is 4.88. The summed E-state index contributed by atoms with van der Waals surface area (Å²) in [5.74, 6) is 0. The molecule has 0 aromatic rings. The summed E-state index contributed by atoms with van der Waals surface area (Å²) in [5, 5.41) is 10.3. The topological polar surface area (TPSA) is 43.1 Å². The fraction of sp³-hybridized carbons (Fsp3) is 0.778. The van der Waals surface area contributed by atoms with Crippen LogP contribution in [0.4, 0.5) is 0 Å². The van der Waals surface area contributed by atoms with E-state index < -0.39 is 0 Å². The lowest BCUT2D eigenvalue weighted by atomic mass is 10.1. The second-order valence-electron chi connectivity index (χ2n) is 2.85. The molecule has 0 fully saturated rings. The van der Waals surface area contributed by atoms with E-state index in [1.807, 2.05) is 0 Å². The highest BCUT2D eigenvalue weighted by Gasteiger charge is 2.06. The first-order chi connectivity index (χ1) is 5.72. The van der Waals surface area contributed by atoms with Gasteiger partial charge in [-0.2, -0.15) is 0 Å². The van der Waals surface area contributed by atoms with E-state index in [9.17, 15) is 10.1 Å². The van der Waals surface area contributed by atoms with Crippen molar-refractivity contribution in [2.24, 2.45) is 0 Å². The average Bonchev–Trinajstić information content (AvgIpc) is 2.04. The highest BCUT2D eigenvalue weighted by atomic mass is 16.6. The highest BCUT2D eigenvalue weighted by Crippen LogP contribution is 2.09. The van der Waals surface area contributed by atoms with Crippen molar-refractivity contribution in [1.82, 2.24) is 0 Å². The van der Waals surface area contributed by atoms with E-state index in [-0.39, 0.29) is 4.92 Å². The Morgan fingerprint density at radius 2 is 2.08 bits per heavy atom. The highest BCUT2D eigenvalue weighted by molar-refractivity contribution is 4.88. The van der Waals surface area contributed by atoms with Crippen molar-refractivity contribution in [3.05, 3.63) is 21.9 Å². The van der Waals surface area contributed by atoms with Crippen LogP contribution in [0.25, 0.3) is 0 Å². The smallest absolute Gasteiger partial charge is 0.242 e. The number of nitrogens with zero attached hydrogens (tertiary/aromatic N) is 1. The first kappa shape index (κ1) is 11.1. The molecule has 0 aliphatic rings. The molecule has 3 heteroatoms. The van der Waals surface area contributed by atoms with E-state index in [2.05, 4.69) is 6.92 Å². The largest absolute Gasteiger partial charge is 0.259 e. The summed E-state index contributed by atoms with van der Waals surface area (Å²) in [7, 11) is 0. The van der Waals surface area contributed by atoms with Crippen molar-refractivity contribution in [3.8, 4) is 0 Å². The Hall–Kier alpha value is -0.860. The van der Waals surface area contributed by atoms with Gasteiger partial charge in [0.15, 0.2) is 0 Å². The molecular formula is C9H17NO2. The van der Waals surface area contributed by atoms with Crippen LogP contribution < -0.4 is 0 Å². The van der Waals surface area contributed by atoms with Crippen LogP contribution in [-0.4, -0.2) is 4.92 Å². The van der Waals surface area contributed by atoms with E-state index in [4.69, 9.17) is 0 Å². The minimum absolute atomic E-state index is 0.286. The van der Waals surface area contributed by atoms with Crippen molar-refractivity contribution in [2.45, 2.75) is 46.0 Å². The van der Waals surface area contributed by atoms with Gasteiger partial charge in [-0.15, -0.1) is 0 Å². The molecule has 12 heavy (non-hydrogen) atoms. The van der Waals surface area contributed by atoms with Gasteiger partial charge < -0.3 is 0 Å². The zero-order valence-electron chi connectivity index (χ0n) is 7.88. The molecule has 0 amide bonds. The fourth-order valence-corrected chi connectivity index (χ4v) is 1.07. The Bertz CT molecular complexity index is 164. The lowest BCUT2D eigenvalue weighted by molar-refractivity contribution is -0.428. The Kier molecular flexibility index (Phi) is 6.34. The monoisotopic (exact) mass is 171 g/mol. The van der Waals surface area contributed by atoms with Gasteiger partial charge in [-0.25, -0.2) is 0 Å². The molecule has 0 aromatic heterocycles. The molecule has 0 unspecified atom stereocenters. The Labute approximate surface area is 73.6 Å². The zero-order chi connectivity index (χ0) is 9.40. The average molecular weight is 171 g/mol. The molecule has 0 rings (SSSR count). The summed E-state index contributed by atoms with van der Waals surface area (Å²) in [5.41, 5.74) is 0.353. The number of rotatable bonds is 6. The van der Waals surface area contributed by atoms with E-state index in [0.717, 1.165) is 12.8 Å². The molecule has 0 saturated heterocycles. The van der Waals surface area contributed by atoms with Gasteiger partial charge in [-0.3, -0.25) is 10.1 Å². The van der Waals surface area contributed by atoms with Crippen molar-refractivity contribution >= 4 is 0 Å². The first-order valence-corrected chi connectivity index (χ1v) is 4.52. The van der Waals surface area contributed by atoms with Gasteiger partial charge in [0.1, 0.15) is 0 Å². The molecule has 70 valence electrons. The van der Waals surface area contributed by atoms with Gasteiger partial charge in [0.2, 0.25) is 5.70 Å². The summed E-state index contributed by atoms with van der Waals surface area (Å²) < 4.78 is 0. The first-order valence-electron chi connectivity index (χ1n) is 4.52. The van der Waals surface area contributed by atoms with Crippen molar-refractivity contribution in [2.75, 3.05) is 0 Å². The molecule has 0 spiro atoms. The van der Waals surface area contributed by atoms with Crippen LogP contribution in [0.15, 0.2) is 11.8 Å². The summed E-state index contributed by atoms with van der Waals surface area (Å²) in [6.45, 7) is 3.85. The van der Waals surface area contributed by atoms with E-state index >= 15 is 0 Å². The predicted octanol–water partition coefficient (Wildman–Crippen LogP) is 3.14. The Morgan fingerprint density at radius 3 is 2.50 bits per heavy atom. The Balaban J connectivity index is 3.54. The summed E-state index contributed by atoms with van der Waals surface area (Å²) >= 11 is 0. The molecule has 0 aliphatic carbocycles. The molecule has 0 aromatic carbocycles. The third-order valence-corrected chi connectivity index (χ3v) is 1.85. The SMILES string of the molecule is C/C=C(\CCCCCC)[N+](=O)[O-]. The van der Waals surface area contributed by atoms with Crippen LogP contribution in [0.5, 0.6) is 0 Å². The number of unbranched alkanes of at least 4 members (excludes halogenated alkanes) is 3. The second-order valence-corrected chi connectivity index (χ2v) is 2.85. The van der Waals surface area contributed by atoms with Gasteiger partial charge in [0, 0.05) is 6.42 Å². The number of nitro groups is 1. The van der Waals surface area contributed by atoms with Crippen LogP contribution in [0.2, 0.25) is 0 Å². The maximum atomic E-state index is 10.3. The molecule has 0 aliphatic heterocycles.